The van der Waals surface area contributed by atoms with E-state index in [0.717, 1.165) is 22.5 Å². The van der Waals surface area contributed by atoms with Crippen LogP contribution in [-0.2, 0) is 21.2 Å². The van der Waals surface area contributed by atoms with Crippen LogP contribution in [-0.4, -0.2) is 41.4 Å². The summed E-state index contributed by atoms with van der Waals surface area (Å²) in [6.45, 7) is 2.27. The second-order valence-corrected chi connectivity index (χ2v) is 10.8. The lowest BCUT2D eigenvalue weighted by Crippen LogP contribution is -2.42. The Labute approximate surface area is 182 Å². The Morgan fingerprint density at radius 1 is 1.27 bits per heavy atom. The maximum Gasteiger partial charge on any atom is 0.322 e. The fourth-order valence-electron chi connectivity index (χ4n) is 3.29. The van der Waals surface area contributed by atoms with Gasteiger partial charge in [-0.3, -0.25) is 10.1 Å². The van der Waals surface area contributed by atoms with Crippen molar-refractivity contribution in [3.05, 3.63) is 57.8 Å². The SMILES string of the molecule is Cc1ccc(Cc2nnc(NC(=O)C3CCCN3S(=O)(=O)c3ccc(Cl)s3)o2)cc1. The van der Waals surface area contributed by atoms with E-state index in [0.29, 0.717) is 29.5 Å². The van der Waals surface area contributed by atoms with Gasteiger partial charge in [-0.15, -0.1) is 16.4 Å². The van der Waals surface area contributed by atoms with Gasteiger partial charge in [-0.1, -0.05) is 46.5 Å². The van der Waals surface area contributed by atoms with Crippen molar-refractivity contribution in [2.45, 2.75) is 36.4 Å². The smallest absolute Gasteiger partial charge is 0.322 e. The molecular formula is C19H19ClN4O4S2. The molecule has 0 aliphatic carbocycles. The molecule has 1 N–H and O–H groups in total. The summed E-state index contributed by atoms with van der Waals surface area (Å²) >= 11 is 6.84. The van der Waals surface area contributed by atoms with Gasteiger partial charge in [0.25, 0.3) is 10.0 Å². The summed E-state index contributed by atoms with van der Waals surface area (Å²) in [7, 11) is -3.80. The second kappa shape index (κ2) is 8.46. The normalized spacial score (nSPS) is 17.3. The van der Waals surface area contributed by atoms with Gasteiger partial charge in [0.05, 0.1) is 10.8 Å². The Morgan fingerprint density at radius 3 is 2.73 bits per heavy atom. The van der Waals surface area contributed by atoms with Crippen LogP contribution >= 0.6 is 22.9 Å². The van der Waals surface area contributed by atoms with Crippen LogP contribution in [0.1, 0.15) is 29.9 Å². The van der Waals surface area contributed by atoms with Crippen molar-refractivity contribution in [1.29, 1.82) is 0 Å². The summed E-state index contributed by atoms with van der Waals surface area (Å²) in [5.41, 5.74) is 2.16. The maximum absolute atomic E-state index is 12.9. The number of halogens is 1. The van der Waals surface area contributed by atoms with E-state index in [1.54, 1.807) is 0 Å². The van der Waals surface area contributed by atoms with E-state index in [9.17, 15) is 13.2 Å². The van der Waals surface area contributed by atoms with Crippen molar-refractivity contribution in [1.82, 2.24) is 14.5 Å². The molecule has 30 heavy (non-hydrogen) atoms. The number of carbonyl (C=O) groups is 1. The number of anilines is 1. The molecule has 1 fully saturated rings. The van der Waals surface area contributed by atoms with Crippen LogP contribution < -0.4 is 5.32 Å². The Morgan fingerprint density at radius 2 is 2.03 bits per heavy atom. The third kappa shape index (κ3) is 4.41. The highest BCUT2D eigenvalue weighted by atomic mass is 35.5. The van der Waals surface area contributed by atoms with Gasteiger partial charge in [0.15, 0.2) is 0 Å². The van der Waals surface area contributed by atoms with E-state index in [1.807, 2.05) is 31.2 Å². The lowest BCUT2D eigenvalue weighted by Gasteiger charge is -2.21. The maximum atomic E-state index is 12.9. The number of thiophene rings is 1. The van der Waals surface area contributed by atoms with Gasteiger partial charge in [-0.05, 0) is 37.5 Å². The van der Waals surface area contributed by atoms with Gasteiger partial charge in [0, 0.05) is 6.54 Å². The number of carbonyl (C=O) groups excluding carboxylic acids is 1. The number of nitrogens with zero attached hydrogens (tertiary/aromatic N) is 3. The highest BCUT2D eigenvalue weighted by molar-refractivity contribution is 7.91. The zero-order valence-corrected chi connectivity index (χ0v) is 18.4. The summed E-state index contributed by atoms with van der Waals surface area (Å²) < 4.78 is 33.0. The van der Waals surface area contributed by atoms with Gasteiger partial charge < -0.3 is 4.42 Å². The number of hydrogen-bond acceptors (Lipinski definition) is 7. The van der Waals surface area contributed by atoms with Gasteiger partial charge in [0.2, 0.25) is 11.8 Å². The summed E-state index contributed by atoms with van der Waals surface area (Å²) in [5.74, 6) is -0.137. The molecule has 11 heteroatoms. The topological polar surface area (TPSA) is 105 Å². The molecule has 1 aromatic carbocycles. The van der Waals surface area contributed by atoms with E-state index >= 15 is 0 Å². The summed E-state index contributed by atoms with van der Waals surface area (Å²) in [5, 5.41) is 10.4. The number of aromatic nitrogens is 2. The van der Waals surface area contributed by atoms with Crippen LogP contribution in [0.15, 0.2) is 45.0 Å². The molecule has 1 amide bonds. The van der Waals surface area contributed by atoms with E-state index in [2.05, 4.69) is 15.5 Å². The zero-order valence-electron chi connectivity index (χ0n) is 16.0. The molecule has 1 saturated heterocycles. The molecule has 1 aliphatic heterocycles. The van der Waals surface area contributed by atoms with Gasteiger partial charge in [0.1, 0.15) is 10.3 Å². The standard InChI is InChI=1S/C19H19ClN4O4S2/c1-12-4-6-13(7-5-12)11-16-22-23-19(28-16)21-18(25)14-3-2-10-24(14)30(26,27)17-9-8-15(20)29-17/h4-9,14H,2-3,10-11H2,1H3,(H,21,23,25). The minimum atomic E-state index is -3.80. The number of nitrogens with one attached hydrogen (secondary N) is 1. The number of sulfonamides is 1. The molecule has 2 aromatic heterocycles. The van der Waals surface area contributed by atoms with Crippen molar-refractivity contribution in [3.8, 4) is 0 Å². The molecule has 3 aromatic rings. The van der Waals surface area contributed by atoms with Crippen LogP contribution in [0, 0.1) is 6.92 Å². The first kappa shape index (κ1) is 21.0. The Hall–Kier alpha value is -2.27. The van der Waals surface area contributed by atoms with Crippen LogP contribution in [0.25, 0.3) is 0 Å². The fraction of sp³-hybridized carbons (Fsp3) is 0.316. The quantitative estimate of drug-likeness (QED) is 0.596. The molecule has 1 aliphatic rings. The predicted octanol–water partition coefficient (Wildman–Crippen LogP) is 3.48. The van der Waals surface area contributed by atoms with Gasteiger partial charge in [-0.2, -0.15) is 4.31 Å². The molecule has 4 rings (SSSR count). The van der Waals surface area contributed by atoms with Gasteiger partial charge in [-0.25, -0.2) is 8.42 Å². The van der Waals surface area contributed by atoms with E-state index < -0.39 is 22.0 Å². The molecular weight excluding hydrogens is 448 g/mol. The number of rotatable bonds is 6. The zero-order chi connectivity index (χ0) is 21.3. The van der Waals surface area contributed by atoms with E-state index in [-0.39, 0.29) is 16.8 Å². The molecule has 1 unspecified atom stereocenters. The summed E-state index contributed by atoms with van der Waals surface area (Å²) in [6, 6.07) is 10.00. The molecule has 3 heterocycles. The molecule has 0 spiro atoms. The number of benzene rings is 1. The van der Waals surface area contributed by atoms with Gasteiger partial charge >= 0.3 is 6.01 Å². The van der Waals surface area contributed by atoms with E-state index in [4.69, 9.17) is 16.0 Å². The van der Waals surface area contributed by atoms with E-state index in [1.165, 1.54) is 16.4 Å². The third-order valence-corrected chi connectivity index (χ3v) is 8.40. The fourth-order valence-corrected chi connectivity index (χ4v) is 6.56. The first-order valence-corrected chi connectivity index (χ1v) is 11.9. The monoisotopic (exact) mass is 466 g/mol. The first-order chi connectivity index (χ1) is 14.3. The van der Waals surface area contributed by atoms with Crippen molar-refractivity contribution in [3.63, 3.8) is 0 Å². The average molecular weight is 467 g/mol. The largest absolute Gasteiger partial charge is 0.407 e. The molecule has 0 bridgehead atoms. The molecule has 158 valence electrons. The van der Waals surface area contributed by atoms with Crippen molar-refractivity contribution in [2.24, 2.45) is 0 Å². The van der Waals surface area contributed by atoms with Crippen LogP contribution in [0.4, 0.5) is 6.01 Å². The highest BCUT2D eigenvalue weighted by Gasteiger charge is 2.40. The Kier molecular flexibility index (Phi) is 5.92. The molecule has 1 atom stereocenters. The number of amides is 1. The lowest BCUT2D eigenvalue weighted by atomic mass is 10.1. The van der Waals surface area contributed by atoms with Crippen LogP contribution in [0.2, 0.25) is 4.34 Å². The third-order valence-electron chi connectivity index (χ3n) is 4.79. The van der Waals surface area contributed by atoms with Crippen LogP contribution in [0.3, 0.4) is 0 Å². The van der Waals surface area contributed by atoms with Crippen molar-refractivity contribution in [2.75, 3.05) is 11.9 Å². The predicted molar refractivity (Wildman–Crippen MR) is 113 cm³/mol. The highest BCUT2D eigenvalue weighted by Crippen LogP contribution is 2.32. The Bertz CT molecular complexity index is 1160. The minimum absolute atomic E-state index is 0.0504. The second-order valence-electron chi connectivity index (χ2n) is 6.98. The number of aryl methyl sites for hydroxylation is 1. The lowest BCUT2D eigenvalue weighted by molar-refractivity contribution is -0.119. The Balaban J connectivity index is 1.44. The average Bonchev–Trinajstić information content (AvgIpc) is 3.45. The first-order valence-electron chi connectivity index (χ1n) is 9.29. The summed E-state index contributed by atoms with van der Waals surface area (Å²) in [4.78, 5) is 12.7. The molecule has 0 radical (unpaired) electrons. The van der Waals surface area contributed by atoms with Crippen molar-refractivity contribution < 1.29 is 17.6 Å². The summed E-state index contributed by atoms with van der Waals surface area (Å²) in [6.07, 6.45) is 1.43. The number of hydrogen-bond donors (Lipinski definition) is 1. The van der Waals surface area contributed by atoms with Crippen molar-refractivity contribution >= 4 is 44.9 Å². The van der Waals surface area contributed by atoms with Crippen LogP contribution in [0.5, 0.6) is 0 Å². The minimum Gasteiger partial charge on any atom is -0.407 e. The molecule has 8 nitrogen and oxygen atoms in total. The molecule has 0 saturated carbocycles.